The van der Waals surface area contributed by atoms with E-state index in [2.05, 4.69) is 10.2 Å². The summed E-state index contributed by atoms with van der Waals surface area (Å²) in [5.41, 5.74) is 2.90. The van der Waals surface area contributed by atoms with Gasteiger partial charge in [0.1, 0.15) is 0 Å². The van der Waals surface area contributed by atoms with Gasteiger partial charge in [0.05, 0.1) is 5.75 Å². The fourth-order valence-electron chi connectivity index (χ4n) is 2.48. The van der Waals surface area contributed by atoms with E-state index in [0.29, 0.717) is 17.7 Å². The predicted molar refractivity (Wildman–Crippen MR) is 99.7 cm³/mol. The predicted octanol–water partition coefficient (Wildman–Crippen LogP) is 4.19. The third kappa shape index (κ3) is 4.28. The molecule has 128 valence electrons. The number of carbonyl (C=O) groups excluding carboxylic acids is 1. The van der Waals surface area contributed by atoms with E-state index < -0.39 is 0 Å². The van der Waals surface area contributed by atoms with Crippen molar-refractivity contribution in [2.24, 2.45) is 0 Å². The van der Waals surface area contributed by atoms with Gasteiger partial charge in [-0.05, 0) is 38.1 Å². The molecule has 0 aliphatic rings. The first-order chi connectivity index (χ1) is 12.2. The van der Waals surface area contributed by atoms with Gasteiger partial charge in [-0.25, -0.2) is 0 Å². The zero-order valence-electron chi connectivity index (χ0n) is 14.2. The van der Waals surface area contributed by atoms with E-state index in [1.807, 2.05) is 68.4 Å². The number of hydrogen-bond acceptors (Lipinski definition) is 5. The molecule has 0 bridgehead atoms. The number of aromatic nitrogens is 2. The van der Waals surface area contributed by atoms with Crippen LogP contribution in [0.2, 0.25) is 0 Å². The van der Waals surface area contributed by atoms with Gasteiger partial charge in [-0.2, -0.15) is 0 Å². The van der Waals surface area contributed by atoms with E-state index in [1.54, 1.807) is 4.90 Å². The van der Waals surface area contributed by atoms with Crippen molar-refractivity contribution in [3.8, 4) is 11.5 Å². The molecule has 1 amide bonds. The van der Waals surface area contributed by atoms with Gasteiger partial charge >= 0.3 is 0 Å². The second kappa shape index (κ2) is 7.98. The van der Waals surface area contributed by atoms with E-state index >= 15 is 0 Å². The number of benzene rings is 2. The molecule has 0 aliphatic carbocycles. The van der Waals surface area contributed by atoms with Gasteiger partial charge in [0.2, 0.25) is 11.8 Å². The third-order valence-corrected chi connectivity index (χ3v) is 4.48. The van der Waals surface area contributed by atoms with Crippen molar-refractivity contribution < 1.29 is 9.21 Å². The number of amides is 1. The number of anilines is 1. The highest BCUT2D eigenvalue weighted by atomic mass is 32.2. The molecule has 6 heteroatoms. The lowest BCUT2D eigenvalue weighted by Gasteiger charge is -2.20. The minimum Gasteiger partial charge on any atom is -0.411 e. The molecular formula is C19H19N3O2S. The summed E-state index contributed by atoms with van der Waals surface area (Å²) in [5.74, 6) is 0.723. The Morgan fingerprint density at radius 3 is 2.64 bits per heavy atom. The summed E-state index contributed by atoms with van der Waals surface area (Å²) in [6.45, 7) is 4.58. The van der Waals surface area contributed by atoms with Crippen molar-refractivity contribution in [3.05, 3.63) is 60.2 Å². The topological polar surface area (TPSA) is 59.2 Å². The lowest BCUT2D eigenvalue weighted by Crippen LogP contribution is -2.32. The molecule has 0 saturated heterocycles. The van der Waals surface area contributed by atoms with E-state index in [4.69, 9.17) is 4.42 Å². The van der Waals surface area contributed by atoms with Crippen LogP contribution in [0, 0.1) is 6.92 Å². The van der Waals surface area contributed by atoms with E-state index in [0.717, 1.165) is 16.8 Å². The van der Waals surface area contributed by atoms with Crippen LogP contribution in [-0.2, 0) is 4.79 Å². The number of aryl methyl sites for hydroxylation is 1. The first-order valence-corrected chi connectivity index (χ1v) is 9.04. The van der Waals surface area contributed by atoms with Crippen LogP contribution in [0.15, 0.2) is 64.2 Å². The molecule has 0 fully saturated rings. The van der Waals surface area contributed by atoms with Crippen LogP contribution in [0.3, 0.4) is 0 Å². The molecule has 0 aliphatic heterocycles. The summed E-state index contributed by atoms with van der Waals surface area (Å²) < 4.78 is 5.66. The van der Waals surface area contributed by atoms with Gasteiger partial charge in [-0.3, -0.25) is 4.79 Å². The Kier molecular flexibility index (Phi) is 5.50. The lowest BCUT2D eigenvalue weighted by molar-refractivity contribution is -0.116. The van der Waals surface area contributed by atoms with Crippen molar-refractivity contribution in [2.45, 2.75) is 19.1 Å². The second-order valence-electron chi connectivity index (χ2n) is 5.50. The average molecular weight is 353 g/mol. The maximum atomic E-state index is 12.5. The number of carbonyl (C=O) groups is 1. The maximum absolute atomic E-state index is 12.5. The highest BCUT2D eigenvalue weighted by Gasteiger charge is 2.16. The van der Waals surface area contributed by atoms with Gasteiger partial charge in [0, 0.05) is 17.8 Å². The van der Waals surface area contributed by atoms with Gasteiger partial charge < -0.3 is 9.32 Å². The monoisotopic (exact) mass is 353 g/mol. The van der Waals surface area contributed by atoms with Crippen molar-refractivity contribution in [1.82, 2.24) is 10.2 Å². The van der Waals surface area contributed by atoms with Gasteiger partial charge in [-0.15, -0.1) is 10.2 Å². The van der Waals surface area contributed by atoms with Crippen LogP contribution in [-0.4, -0.2) is 28.4 Å². The summed E-state index contributed by atoms with van der Waals surface area (Å²) in [6.07, 6.45) is 0. The Morgan fingerprint density at radius 1 is 1.12 bits per heavy atom. The van der Waals surface area contributed by atoms with Crippen molar-refractivity contribution >= 4 is 23.4 Å². The van der Waals surface area contributed by atoms with Crippen molar-refractivity contribution in [1.29, 1.82) is 0 Å². The van der Waals surface area contributed by atoms with E-state index in [9.17, 15) is 4.79 Å². The fraction of sp³-hybridized carbons (Fsp3) is 0.211. The summed E-state index contributed by atoms with van der Waals surface area (Å²) in [6, 6.07) is 17.5. The molecule has 0 spiro atoms. The minimum atomic E-state index is 0.00834. The molecule has 0 saturated carbocycles. The zero-order chi connectivity index (χ0) is 17.6. The van der Waals surface area contributed by atoms with Crippen LogP contribution in [0.1, 0.15) is 12.5 Å². The standard InChI is InChI=1S/C19H19N3O2S/c1-3-22(16-10-5-4-6-11-16)17(23)13-25-19-21-20-18(24-19)15-9-7-8-14(2)12-15/h4-12H,3,13H2,1-2H3. The Labute approximate surface area is 151 Å². The summed E-state index contributed by atoms with van der Waals surface area (Å²) in [7, 11) is 0. The average Bonchev–Trinajstić information content (AvgIpc) is 3.11. The minimum absolute atomic E-state index is 0.00834. The Balaban J connectivity index is 1.65. The third-order valence-electron chi connectivity index (χ3n) is 3.68. The van der Waals surface area contributed by atoms with Crippen molar-refractivity contribution in [3.63, 3.8) is 0 Å². The largest absolute Gasteiger partial charge is 0.411 e. The number of nitrogens with zero attached hydrogens (tertiary/aromatic N) is 3. The molecule has 5 nitrogen and oxygen atoms in total. The zero-order valence-corrected chi connectivity index (χ0v) is 15.0. The maximum Gasteiger partial charge on any atom is 0.277 e. The Bertz CT molecular complexity index is 849. The molecule has 2 aromatic carbocycles. The molecule has 0 atom stereocenters. The SMILES string of the molecule is CCN(C(=O)CSc1nnc(-c2cccc(C)c2)o1)c1ccccc1. The molecule has 1 heterocycles. The number of para-hydroxylation sites is 1. The van der Waals surface area contributed by atoms with Crippen molar-refractivity contribution in [2.75, 3.05) is 17.2 Å². The molecule has 3 rings (SSSR count). The Hall–Kier alpha value is -2.60. The molecule has 0 N–H and O–H groups in total. The van der Waals surface area contributed by atoms with E-state index in [-0.39, 0.29) is 11.7 Å². The smallest absolute Gasteiger partial charge is 0.277 e. The molecule has 0 radical (unpaired) electrons. The van der Waals surface area contributed by atoms with Crippen LogP contribution >= 0.6 is 11.8 Å². The molecule has 0 unspecified atom stereocenters. The van der Waals surface area contributed by atoms with Gasteiger partial charge in [0.15, 0.2) is 0 Å². The number of rotatable bonds is 6. The normalized spacial score (nSPS) is 10.6. The van der Waals surface area contributed by atoms with Crippen LogP contribution in [0.5, 0.6) is 0 Å². The summed E-state index contributed by atoms with van der Waals surface area (Å²) in [4.78, 5) is 14.2. The van der Waals surface area contributed by atoms with E-state index in [1.165, 1.54) is 11.8 Å². The molecular weight excluding hydrogens is 334 g/mol. The summed E-state index contributed by atoms with van der Waals surface area (Å²) >= 11 is 1.26. The van der Waals surface area contributed by atoms with Gasteiger partial charge in [-0.1, -0.05) is 47.7 Å². The van der Waals surface area contributed by atoms with Crippen LogP contribution in [0.4, 0.5) is 5.69 Å². The van der Waals surface area contributed by atoms with Gasteiger partial charge in [0.25, 0.3) is 5.22 Å². The fourth-order valence-corrected chi connectivity index (χ4v) is 3.11. The highest BCUT2D eigenvalue weighted by Crippen LogP contribution is 2.24. The quantitative estimate of drug-likeness (QED) is 0.622. The lowest BCUT2D eigenvalue weighted by atomic mass is 10.1. The number of thioether (sulfide) groups is 1. The first kappa shape index (κ1) is 17.2. The molecule has 1 aromatic heterocycles. The second-order valence-corrected chi connectivity index (χ2v) is 6.43. The molecule has 25 heavy (non-hydrogen) atoms. The number of hydrogen-bond donors (Lipinski definition) is 0. The van der Waals surface area contributed by atoms with Crippen LogP contribution < -0.4 is 4.90 Å². The Morgan fingerprint density at radius 2 is 1.92 bits per heavy atom. The van der Waals surface area contributed by atoms with Crippen LogP contribution in [0.25, 0.3) is 11.5 Å². The highest BCUT2D eigenvalue weighted by molar-refractivity contribution is 7.99. The summed E-state index contributed by atoms with van der Waals surface area (Å²) in [5, 5.41) is 8.49. The first-order valence-electron chi connectivity index (χ1n) is 8.06. The molecule has 3 aromatic rings.